The lowest BCUT2D eigenvalue weighted by atomic mass is 9.98. The van der Waals surface area contributed by atoms with Crippen molar-refractivity contribution in [2.75, 3.05) is 7.11 Å². The monoisotopic (exact) mass is 474 g/mol. The van der Waals surface area contributed by atoms with Gasteiger partial charge in [-0.2, -0.15) is 39.5 Å². The number of methoxy groups -OCH3 is 1. The van der Waals surface area contributed by atoms with Crippen LogP contribution in [0.3, 0.4) is 0 Å². The fourth-order valence-electron chi connectivity index (χ4n) is 1.49. The molecule has 0 fully saturated rings. The summed E-state index contributed by atoms with van der Waals surface area (Å²) in [6, 6.07) is 0. The molecule has 0 saturated heterocycles. The molecule has 23 heavy (non-hydrogen) atoms. The Bertz CT molecular complexity index is 409. The largest absolute Gasteiger partial charge is 0.469 e. The van der Waals surface area contributed by atoms with Crippen LogP contribution in [-0.4, -0.2) is 40.9 Å². The van der Waals surface area contributed by atoms with Crippen molar-refractivity contribution in [3.8, 4) is 0 Å². The van der Waals surface area contributed by atoms with Gasteiger partial charge in [0.2, 0.25) is 0 Å². The third kappa shape index (κ3) is 5.28. The molecule has 0 aromatic carbocycles. The number of rotatable bonds is 8. The van der Waals surface area contributed by atoms with E-state index in [2.05, 4.69) is 4.74 Å². The van der Waals surface area contributed by atoms with Gasteiger partial charge in [-0.25, -0.2) is 0 Å². The van der Waals surface area contributed by atoms with Gasteiger partial charge in [0, 0.05) is 16.8 Å². The van der Waals surface area contributed by atoms with Crippen LogP contribution in [-0.2, 0) is 9.53 Å². The molecule has 12 heteroatoms. The quantitative estimate of drug-likeness (QED) is 0.215. The van der Waals surface area contributed by atoms with Crippen LogP contribution in [0.25, 0.3) is 0 Å². The van der Waals surface area contributed by atoms with Crippen LogP contribution in [0.2, 0.25) is 0 Å². The Labute approximate surface area is 138 Å². The smallest absolute Gasteiger partial charge is 0.460 e. The van der Waals surface area contributed by atoms with Gasteiger partial charge in [0.25, 0.3) is 0 Å². The van der Waals surface area contributed by atoms with Gasteiger partial charge in [-0.05, 0) is 12.8 Å². The fourth-order valence-corrected chi connectivity index (χ4v) is 2.48. The highest BCUT2D eigenvalue weighted by Crippen LogP contribution is 2.54. The Hall–Kier alpha value is -0.430. The zero-order chi connectivity index (χ0) is 18.7. The van der Waals surface area contributed by atoms with Gasteiger partial charge in [-0.15, -0.1) is 0 Å². The standard InChI is InChI=1S/C11H12F9IO2/c1-23-7(22)4-2-3-6(21)5-8(12,13)9(14,15)10(16,17)11(18,19)20/h6H,2-5H2,1H3. The second-order valence-corrected chi connectivity index (χ2v) is 6.38. The van der Waals surface area contributed by atoms with Crippen molar-refractivity contribution in [3.05, 3.63) is 0 Å². The predicted molar refractivity (Wildman–Crippen MR) is 69.2 cm³/mol. The molecule has 0 aliphatic carbocycles. The van der Waals surface area contributed by atoms with E-state index in [4.69, 9.17) is 0 Å². The molecule has 0 spiro atoms. The first kappa shape index (κ1) is 22.6. The topological polar surface area (TPSA) is 26.3 Å². The number of carbonyl (C=O) groups excluding carboxylic acids is 1. The SMILES string of the molecule is COC(=O)CCCC(I)CC(F)(F)C(F)(F)C(F)(F)C(F)(F)F. The first-order valence-electron chi connectivity index (χ1n) is 6.01. The molecule has 138 valence electrons. The van der Waals surface area contributed by atoms with Crippen molar-refractivity contribution in [2.45, 2.75) is 53.6 Å². The van der Waals surface area contributed by atoms with E-state index in [0.717, 1.165) is 7.11 Å². The van der Waals surface area contributed by atoms with Crippen molar-refractivity contribution < 1.29 is 49.0 Å². The number of alkyl halides is 10. The van der Waals surface area contributed by atoms with Crippen LogP contribution >= 0.6 is 22.6 Å². The van der Waals surface area contributed by atoms with Crippen molar-refractivity contribution in [1.29, 1.82) is 0 Å². The van der Waals surface area contributed by atoms with E-state index < -0.39 is 40.3 Å². The molecule has 0 bridgehead atoms. The maximum Gasteiger partial charge on any atom is 0.460 e. The minimum absolute atomic E-state index is 0.0718. The summed E-state index contributed by atoms with van der Waals surface area (Å²) in [7, 11) is 1.05. The lowest BCUT2D eigenvalue weighted by Crippen LogP contribution is -2.61. The van der Waals surface area contributed by atoms with Crippen molar-refractivity contribution in [2.24, 2.45) is 0 Å². The molecule has 0 aromatic rings. The van der Waals surface area contributed by atoms with E-state index in [1.165, 1.54) is 22.6 Å². The van der Waals surface area contributed by atoms with Crippen LogP contribution in [0, 0.1) is 0 Å². The van der Waals surface area contributed by atoms with E-state index in [1.54, 1.807) is 0 Å². The van der Waals surface area contributed by atoms with Gasteiger partial charge < -0.3 is 4.74 Å². The van der Waals surface area contributed by atoms with Crippen LogP contribution in [0.15, 0.2) is 0 Å². The van der Waals surface area contributed by atoms with Gasteiger partial charge in [0.05, 0.1) is 7.11 Å². The average molecular weight is 474 g/mol. The maximum atomic E-state index is 13.3. The van der Waals surface area contributed by atoms with Crippen LogP contribution in [0.1, 0.15) is 25.7 Å². The van der Waals surface area contributed by atoms with Crippen LogP contribution < -0.4 is 0 Å². The van der Waals surface area contributed by atoms with Gasteiger partial charge >= 0.3 is 29.9 Å². The molecule has 0 aliphatic rings. The first-order valence-corrected chi connectivity index (χ1v) is 7.25. The second-order valence-electron chi connectivity index (χ2n) is 4.62. The number of halogens is 10. The summed E-state index contributed by atoms with van der Waals surface area (Å²) in [4.78, 5) is 10.8. The molecule has 1 unspecified atom stereocenters. The zero-order valence-electron chi connectivity index (χ0n) is 11.5. The summed E-state index contributed by atoms with van der Waals surface area (Å²) in [5, 5.41) is 0. The highest BCUT2D eigenvalue weighted by atomic mass is 127. The van der Waals surface area contributed by atoms with Crippen molar-refractivity contribution in [1.82, 2.24) is 0 Å². The summed E-state index contributed by atoms with van der Waals surface area (Å²) >= 11 is 1.22. The van der Waals surface area contributed by atoms with E-state index in [-0.39, 0.29) is 19.3 Å². The molecule has 0 saturated carbocycles. The minimum atomic E-state index is -6.87. The molecule has 0 N–H and O–H groups in total. The number of hydrogen-bond donors (Lipinski definition) is 0. The van der Waals surface area contributed by atoms with Crippen molar-refractivity contribution in [3.63, 3.8) is 0 Å². The van der Waals surface area contributed by atoms with E-state index in [9.17, 15) is 44.3 Å². The molecule has 0 aromatic heterocycles. The van der Waals surface area contributed by atoms with E-state index >= 15 is 0 Å². The lowest BCUT2D eigenvalue weighted by molar-refractivity contribution is -0.396. The van der Waals surface area contributed by atoms with Crippen LogP contribution in [0.4, 0.5) is 39.5 Å². The summed E-state index contributed by atoms with van der Waals surface area (Å²) in [5.74, 6) is -19.7. The first-order chi connectivity index (χ1) is 10.1. The average Bonchev–Trinajstić information content (AvgIpc) is 2.35. The Morgan fingerprint density at radius 2 is 1.48 bits per heavy atom. The number of carbonyl (C=O) groups is 1. The normalized spacial score (nSPS) is 15.4. The molecule has 2 nitrogen and oxygen atoms in total. The molecule has 0 amide bonds. The summed E-state index contributed by atoms with van der Waals surface area (Å²) in [5.41, 5.74) is 0. The van der Waals surface area contributed by atoms with Gasteiger partial charge in [0.15, 0.2) is 0 Å². The lowest BCUT2D eigenvalue weighted by Gasteiger charge is -2.34. The molecule has 0 rings (SSSR count). The Morgan fingerprint density at radius 1 is 1.00 bits per heavy atom. The zero-order valence-corrected chi connectivity index (χ0v) is 13.7. The van der Waals surface area contributed by atoms with E-state index in [1.807, 2.05) is 0 Å². The van der Waals surface area contributed by atoms with Gasteiger partial charge in [-0.1, -0.05) is 22.6 Å². The predicted octanol–water partition coefficient (Wildman–Crippen LogP) is 4.99. The van der Waals surface area contributed by atoms with Gasteiger partial charge in [-0.3, -0.25) is 4.79 Å². The maximum absolute atomic E-state index is 13.3. The molecular weight excluding hydrogens is 462 g/mol. The van der Waals surface area contributed by atoms with Crippen LogP contribution in [0.5, 0.6) is 0 Å². The van der Waals surface area contributed by atoms with E-state index in [0.29, 0.717) is 0 Å². The second kappa shape index (κ2) is 7.64. The number of esters is 1. The molecule has 1 atom stereocenters. The highest BCUT2D eigenvalue weighted by Gasteiger charge is 2.81. The summed E-state index contributed by atoms with van der Waals surface area (Å²) < 4.78 is 117. The fraction of sp³-hybridized carbons (Fsp3) is 0.909. The highest BCUT2D eigenvalue weighted by molar-refractivity contribution is 14.1. The molecule has 0 radical (unpaired) electrons. The minimum Gasteiger partial charge on any atom is -0.469 e. The summed E-state index contributed by atoms with van der Waals surface area (Å²) in [6.45, 7) is 0. The third-order valence-corrected chi connectivity index (χ3v) is 3.88. The Balaban J connectivity index is 4.94. The Kier molecular flexibility index (Phi) is 7.49. The molecule has 0 heterocycles. The van der Waals surface area contributed by atoms with Crippen molar-refractivity contribution >= 4 is 28.6 Å². The number of hydrogen-bond acceptors (Lipinski definition) is 2. The third-order valence-electron chi connectivity index (χ3n) is 2.81. The Morgan fingerprint density at radius 3 is 1.87 bits per heavy atom. The van der Waals surface area contributed by atoms with Gasteiger partial charge in [0.1, 0.15) is 0 Å². The molecule has 0 aliphatic heterocycles. The molecular formula is C11H12F9IO2. The number of ether oxygens (including phenoxy) is 1. The summed E-state index contributed by atoms with van der Waals surface area (Å²) in [6.07, 6.45) is -9.27.